The molecule has 0 aromatic carbocycles. The van der Waals surface area contributed by atoms with Crippen LogP contribution in [0.2, 0.25) is 0 Å². The molecule has 2 N–H and O–H groups in total. The van der Waals surface area contributed by atoms with Gasteiger partial charge >= 0.3 is 12.1 Å². The van der Waals surface area contributed by atoms with E-state index >= 15 is 0 Å². The summed E-state index contributed by atoms with van der Waals surface area (Å²) in [6.45, 7) is 11.8. The molecule has 0 aromatic rings. The van der Waals surface area contributed by atoms with Gasteiger partial charge in [-0.25, -0.2) is 4.79 Å². The van der Waals surface area contributed by atoms with Crippen LogP contribution in [0.1, 0.15) is 60.8 Å². The Morgan fingerprint density at radius 3 is 2.46 bits per heavy atom. The van der Waals surface area contributed by atoms with E-state index in [0.29, 0.717) is 18.9 Å². The normalized spacial score (nSPS) is 25.1. The van der Waals surface area contributed by atoms with Gasteiger partial charge in [-0.2, -0.15) is 0 Å². The Balaban J connectivity index is 2.27. The van der Waals surface area contributed by atoms with Crippen molar-refractivity contribution in [3.05, 3.63) is 11.3 Å². The van der Waals surface area contributed by atoms with Crippen molar-refractivity contribution in [2.75, 3.05) is 6.61 Å². The molecule has 26 heavy (non-hydrogen) atoms. The average Bonchev–Trinajstić information content (AvgIpc) is 3.09. The molecule has 1 saturated carbocycles. The quantitative estimate of drug-likeness (QED) is 0.701. The SMILES string of the molecule is CCOC(=O)[C@@H]1C[C@H](NC(=O)OC(C)(C)C)C2=C(C(CC)CC)NO[C@H]21. The Kier molecular flexibility index (Phi) is 6.55. The maximum absolute atomic E-state index is 12.4. The summed E-state index contributed by atoms with van der Waals surface area (Å²) in [7, 11) is 0. The number of carbonyl (C=O) groups is 2. The first-order valence-corrected chi connectivity index (χ1v) is 9.53. The summed E-state index contributed by atoms with van der Waals surface area (Å²) in [5.41, 5.74) is 4.36. The van der Waals surface area contributed by atoms with Gasteiger partial charge < -0.3 is 14.8 Å². The number of hydrogen-bond donors (Lipinski definition) is 2. The van der Waals surface area contributed by atoms with E-state index in [9.17, 15) is 9.59 Å². The van der Waals surface area contributed by atoms with Crippen molar-refractivity contribution in [2.45, 2.75) is 78.6 Å². The first kappa shape index (κ1) is 20.6. The number of esters is 1. The minimum absolute atomic E-state index is 0.291. The smallest absolute Gasteiger partial charge is 0.408 e. The molecule has 7 nitrogen and oxygen atoms in total. The molecule has 0 aromatic heterocycles. The second kappa shape index (κ2) is 8.29. The summed E-state index contributed by atoms with van der Waals surface area (Å²) in [6.07, 6.45) is 1.44. The predicted molar refractivity (Wildman–Crippen MR) is 97.0 cm³/mol. The number of fused-ring (bicyclic) bond motifs is 1. The lowest BCUT2D eigenvalue weighted by atomic mass is 9.93. The molecule has 1 heterocycles. The number of hydrogen-bond acceptors (Lipinski definition) is 6. The van der Waals surface area contributed by atoms with Gasteiger partial charge in [0, 0.05) is 17.2 Å². The summed E-state index contributed by atoms with van der Waals surface area (Å²) in [4.78, 5) is 30.4. The van der Waals surface area contributed by atoms with Crippen molar-refractivity contribution < 1.29 is 23.9 Å². The third-order valence-electron chi connectivity index (χ3n) is 4.82. The highest BCUT2D eigenvalue weighted by Gasteiger charge is 2.50. The molecule has 0 spiro atoms. The van der Waals surface area contributed by atoms with Gasteiger partial charge in [0.05, 0.1) is 18.6 Å². The van der Waals surface area contributed by atoms with Gasteiger partial charge in [0.2, 0.25) is 0 Å². The van der Waals surface area contributed by atoms with Gasteiger partial charge in [-0.3, -0.25) is 15.1 Å². The van der Waals surface area contributed by atoms with Gasteiger partial charge in [0.1, 0.15) is 11.7 Å². The van der Waals surface area contributed by atoms with Gasteiger partial charge in [0.25, 0.3) is 0 Å². The molecule has 3 atom stereocenters. The number of carbonyl (C=O) groups excluding carboxylic acids is 2. The summed E-state index contributed by atoms with van der Waals surface area (Å²) < 4.78 is 10.6. The molecule has 0 unspecified atom stereocenters. The molecule has 2 aliphatic rings. The predicted octanol–water partition coefficient (Wildman–Crippen LogP) is 3.06. The molecule has 1 fully saturated rings. The van der Waals surface area contributed by atoms with Crippen molar-refractivity contribution in [1.82, 2.24) is 10.8 Å². The Labute approximate surface area is 155 Å². The fourth-order valence-electron chi connectivity index (χ4n) is 3.66. The highest BCUT2D eigenvalue weighted by atomic mass is 16.7. The molecule has 0 bridgehead atoms. The van der Waals surface area contributed by atoms with E-state index in [1.165, 1.54) is 0 Å². The van der Waals surface area contributed by atoms with E-state index in [1.807, 2.05) is 20.8 Å². The molecular formula is C19H32N2O5. The number of hydroxylamine groups is 1. The van der Waals surface area contributed by atoms with Crippen molar-refractivity contribution in [3.63, 3.8) is 0 Å². The number of rotatable bonds is 6. The van der Waals surface area contributed by atoms with Crippen molar-refractivity contribution >= 4 is 12.1 Å². The standard InChI is InChI=1S/C19H32N2O5/c1-7-11(8-2)15-14-13(20-18(23)25-19(4,5)6)10-12(16(14)26-21-15)17(22)24-9-3/h11-13,16,21H,7-10H2,1-6H3,(H,20,23)/t12-,13+,16+/m1/s1. The maximum Gasteiger partial charge on any atom is 0.408 e. The molecule has 0 radical (unpaired) electrons. The van der Waals surface area contributed by atoms with E-state index < -0.39 is 23.7 Å². The number of allylic oxidation sites excluding steroid dienone is 1. The molecule has 1 aliphatic heterocycles. The lowest BCUT2D eigenvalue weighted by molar-refractivity contribution is -0.152. The topological polar surface area (TPSA) is 85.9 Å². The Morgan fingerprint density at radius 1 is 1.27 bits per heavy atom. The summed E-state index contributed by atoms with van der Waals surface area (Å²) in [5.74, 6) is -0.445. The third kappa shape index (κ3) is 4.50. The maximum atomic E-state index is 12.4. The van der Waals surface area contributed by atoms with Gasteiger partial charge in [0.15, 0.2) is 0 Å². The van der Waals surface area contributed by atoms with E-state index in [1.54, 1.807) is 6.92 Å². The second-order valence-electron chi connectivity index (χ2n) is 7.82. The highest BCUT2D eigenvalue weighted by Crippen LogP contribution is 2.41. The third-order valence-corrected chi connectivity index (χ3v) is 4.82. The average molecular weight is 368 g/mol. The van der Waals surface area contributed by atoms with Crippen LogP contribution in [0.25, 0.3) is 0 Å². The molecule has 7 heteroatoms. The fourth-order valence-corrected chi connectivity index (χ4v) is 3.66. The Hall–Kier alpha value is -1.76. The molecule has 2 rings (SSSR count). The van der Waals surface area contributed by atoms with Crippen LogP contribution in [0.5, 0.6) is 0 Å². The Bertz CT molecular complexity index is 563. The summed E-state index contributed by atoms with van der Waals surface area (Å²) in [5, 5.41) is 2.92. The zero-order valence-electron chi connectivity index (χ0n) is 16.7. The van der Waals surface area contributed by atoms with Crippen LogP contribution in [-0.2, 0) is 19.1 Å². The monoisotopic (exact) mass is 368 g/mol. The van der Waals surface area contributed by atoms with E-state index in [2.05, 4.69) is 24.6 Å². The van der Waals surface area contributed by atoms with Gasteiger partial charge in [-0.1, -0.05) is 13.8 Å². The first-order valence-electron chi connectivity index (χ1n) is 9.53. The van der Waals surface area contributed by atoms with Crippen LogP contribution in [0.3, 0.4) is 0 Å². The Morgan fingerprint density at radius 2 is 1.92 bits per heavy atom. The lowest BCUT2D eigenvalue weighted by Crippen LogP contribution is -2.39. The van der Waals surface area contributed by atoms with Crippen LogP contribution in [-0.4, -0.2) is 36.4 Å². The lowest BCUT2D eigenvalue weighted by Gasteiger charge is -2.23. The minimum Gasteiger partial charge on any atom is -0.466 e. The second-order valence-corrected chi connectivity index (χ2v) is 7.82. The molecule has 148 valence electrons. The van der Waals surface area contributed by atoms with Crippen LogP contribution in [0.4, 0.5) is 4.79 Å². The number of ether oxygens (including phenoxy) is 2. The molecule has 1 aliphatic carbocycles. The van der Waals surface area contributed by atoms with Crippen molar-refractivity contribution in [3.8, 4) is 0 Å². The highest BCUT2D eigenvalue weighted by molar-refractivity contribution is 5.76. The van der Waals surface area contributed by atoms with E-state index in [4.69, 9.17) is 14.3 Å². The summed E-state index contributed by atoms with van der Waals surface area (Å²) >= 11 is 0. The van der Waals surface area contributed by atoms with Crippen molar-refractivity contribution in [2.24, 2.45) is 11.8 Å². The van der Waals surface area contributed by atoms with E-state index in [0.717, 1.165) is 24.1 Å². The van der Waals surface area contributed by atoms with Crippen LogP contribution in [0.15, 0.2) is 11.3 Å². The fraction of sp³-hybridized carbons (Fsp3) is 0.789. The van der Waals surface area contributed by atoms with Crippen LogP contribution in [0, 0.1) is 11.8 Å². The molecular weight excluding hydrogens is 336 g/mol. The number of amides is 1. The van der Waals surface area contributed by atoms with E-state index in [-0.39, 0.29) is 12.0 Å². The zero-order valence-corrected chi connectivity index (χ0v) is 16.7. The zero-order chi connectivity index (χ0) is 19.5. The van der Waals surface area contributed by atoms with Crippen molar-refractivity contribution in [1.29, 1.82) is 0 Å². The van der Waals surface area contributed by atoms with Crippen LogP contribution < -0.4 is 10.8 Å². The largest absolute Gasteiger partial charge is 0.466 e. The molecule has 0 saturated heterocycles. The minimum atomic E-state index is -0.584. The number of alkyl carbamates (subject to hydrolysis) is 1. The first-order chi connectivity index (χ1) is 12.2. The van der Waals surface area contributed by atoms with Gasteiger partial charge in [-0.15, -0.1) is 0 Å². The number of nitrogens with one attached hydrogen (secondary N) is 2. The van der Waals surface area contributed by atoms with Crippen LogP contribution >= 0.6 is 0 Å². The molecule has 1 amide bonds. The summed E-state index contributed by atoms with van der Waals surface area (Å²) in [6, 6.07) is -0.310. The van der Waals surface area contributed by atoms with Gasteiger partial charge in [-0.05, 0) is 47.0 Å².